The Balaban J connectivity index is 1.28. The van der Waals surface area contributed by atoms with E-state index in [0.717, 1.165) is 16.7 Å². The summed E-state index contributed by atoms with van der Waals surface area (Å²) in [5.74, 6) is -0.437. The van der Waals surface area contributed by atoms with Crippen LogP contribution in [0, 0.1) is 0 Å². The van der Waals surface area contributed by atoms with Crippen molar-refractivity contribution in [3.05, 3.63) is 95.6 Å². The maximum Gasteiger partial charge on any atom is 0.407 e. The van der Waals surface area contributed by atoms with Crippen LogP contribution in [0.5, 0.6) is 0 Å². The van der Waals surface area contributed by atoms with Crippen molar-refractivity contribution in [2.24, 2.45) is 0 Å². The first-order chi connectivity index (χ1) is 16.6. The van der Waals surface area contributed by atoms with E-state index in [1.807, 2.05) is 54.6 Å². The monoisotopic (exact) mass is 474 g/mol. The van der Waals surface area contributed by atoms with E-state index in [2.05, 4.69) is 34.9 Å². The first-order valence-corrected chi connectivity index (χ1v) is 12.4. The van der Waals surface area contributed by atoms with Gasteiger partial charge in [0.05, 0.1) is 11.4 Å². The molecule has 0 bridgehead atoms. The number of benzene rings is 3. The number of thioether (sulfide) groups is 1. The van der Waals surface area contributed by atoms with Crippen LogP contribution in [0.25, 0.3) is 11.1 Å². The lowest BCUT2D eigenvalue weighted by atomic mass is 9.98. The molecule has 0 radical (unpaired) electrons. The number of nitrogens with one attached hydrogen (secondary N) is 2. The predicted octanol–water partition coefficient (Wildman–Crippen LogP) is 4.25. The number of hydrogen-bond donors (Lipinski definition) is 3. The number of hydrogen-bond acceptors (Lipinski definition) is 5. The van der Waals surface area contributed by atoms with Gasteiger partial charge in [0.25, 0.3) is 0 Å². The molecule has 6 nitrogen and oxygen atoms in total. The average Bonchev–Trinajstić information content (AvgIpc) is 3.47. The molecular formula is C27H26N2O4S. The molecule has 0 saturated carbocycles. The van der Waals surface area contributed by atoms with Gasteiger partial charge >= 0.3 is 12.1 Å². The highest BCUT2D eigenvalue weighted by molar-refractivity contribution is 8.00. The van der Waals surface area contributed by atoms with Gasteiger partial charge in [0.1, 0.15) is 12.6 Å². The molecule has 0 spiro atoms. The molecule has 0 aromatic heterocycles. The summed E-state index contributed by atoms with van der Waals surface area (Å²) in [7, 11) is 0. The zero-order valence-electron chi connectivity index (χ0n) is 18.5. The van der Waals surface area contributed by atoms with Crippen molar-refractivity contribution in [1.82, 2.24) is 10.6 Å². The molecule has 34 heavy (non-hydrogen) atoms. The summed E-state index contributed by atoms with van der Waals surface area (Å²) in [6, 6.07) is 25.4. The van der Waals surface area contributed by atoms with Crippen LogP contribution in [0.2, 0.25) is 0 Å². The third-order valence-electron chi connectivity index (χ3n) is 6.42. The van der Waals surface area contributed by atoms with Gasteiger partial charge in [0.15, 0.2) is 0 Å². The molecular weight excluding hydrogens is 448 g/mol. The second kappa shape index (κ2) is 9.91. The maximum atomic E-state index is 12.9. The van der Waals surface area contributed by atoms with Crippen molar-refractivity contribution < 1.29 is 19.4 Å². The number of fused-ring (bicyclic) bond motifs is 3. The summed E-state index contributed by atoms with van der Waals surface area (Å²) in [6.45, 7) is 0.237. The maximum absolute atomic E-state index is 12.9. The van der Waals surface area contributed by atoms with Gasteiger partial charge in [-0.1, -0.05) is 78.9 Å². The third kappa shape index (κ3) is 4.67. The van der Waals surface area contributed by atoms with Gasteiger partial charge in [-0.25, -0.2) is 4.79 Å². The zero-order chi connectivity index (χ0) is 23.5. The molecule has 7 heteroatoms. The van der Waals surface area contributed by atoms with Crippen LogP contribution in [0.1, 0.15) is 22.6 Å². The van der Waals surface area contributed by atoms with Gasteiger partial charge in [-0.3, -0.25) is 10.1 Å². The van der Waals surface area contributed by atoms with E-state index in [4.69, 9.17) is 4.74 Å². The van der Waals surface area contributed by atoms with E-state index < -0.39 is 18.1 Å². The second-order valence-corrected chi connectivity index (χ2v) is 9.75. The first kappa shape index (κ1) is 22.5. The molecule has 1 fully saturated rings. The molecule has 3 atom stereocenters. The summed E-state index contributed by atoms with van der Waals surface area (Å²) >= 11 is 1.51. The number of carbonyl (C=O) groups is 2. The largest absolute Gasteiger partial charge is 0.480 e. The quantitative estimate of drug-likeness (QED) is 0.475. The summed E-state index contributed by atoms with van der Waals surface area (Å²) in [6.07, 6.45) is 0.0751. The third-order valence-corrected chi connectivity index (χ3v) is 7.77. The van der Waals surface area contributed by atoms with Crippen molar-refractivity contribution in [1.29, 1.82) is 0 Å². The van der Waals surface area contributed by atoms with E-state index in [1.165, 1.54) is 22.9 Å². The molecule has 1 aliphatic heterocycles. The Kier molecular flexibility index (Phi) is 6.56. The fourth-order valence-electron chi connectivity index (χ4n) is 4.76. The summed E-state index contributed by atoms with van der Waals surface area (Å²) < 4.78 is 5.74. The Bertz CT molecular complexity index is 1140. The second-order valence-electron chi connectivity index (χ2n) is 8.58. The van der Waals surface area contributed by atoms with Gasteiger partial charge in [-0.2, -0.15) is 0 Å². The van der Waals surface area contributed by atoms with Crippen LogP contribution < -0.4 is 10.6 Å². The molecule has 1 heterocycles. The van der Waals surface area contributed by atoms with E-state index in [-0.39, 0.29) is 23.9 Å². The van der Waals surface area contributed by atoms with Gasteiger partial charge < -0.3 is 15.2 Å². The number of aliphatic carboxylic acids is 1. The fourth-order valence-corrected chi connectivity index (χ4v) is 6.06. The van der Waals surface area contributed by atoms with Gasteiger partial charge in [-0.05, 0) is 34.2 Å². The van der Waals surface area contributed by atoms with Gasteiger partial charge in [0, 0.05) is 11.7 Å². The molecule has 3 aromatic rings. The van der Waals surface area contributed by atoms with Crippen molar-refractivity contribution in [3.8, 4) is 11.1 Å². The number of ether oxygens (including phenoxy) is 1. The predicted molar refractivity (Wildman–Crippen MR) is 133 cm³/mol. The topological polar surface area (TPSA) is 87.7 Å². The van der Waals surface area contributed by atoms with Crippen molar-refractivity contribution in [2.75, 3.05) is 12.4 Å². The first-order valence-electron chi connectivity index (χ1n) is 11.4. The van der Waals surface area contributed by atoms with Crippen molar-refractivity contribution >= 4 is 23.8 Å². The Labute approximate surface area is 202 Å². The summed E-state index contributed by atoms with van der Waals surface area (Å²) in [5, 5.41) is 15.3. The lowest BCUT2D eigenvalue weighted by molar-refractivity contribution is -0.138. The number of carboxylic acid groups (broad SMARTS) is 1. The molecule has 1 unspecified atom stereocenters. The summed E-state index contributed by atoms with van der Waals surface area (Å²) in [4.78, 5) is 24.3. The Morgan fingerprint density at radius 3 is 2.21 bits per heavy atom. The average molecular weight is 475 g/mol. The highest BCUT2D eigenvalue weighted by Crippen LogP contribution is 2.44. The number of carboxylic acids is 1. The number of carbonyl (C=O) groups excluding carboxylic acids is 1. The SMILES string of the molecule is O=C(N[C@@H](Cc1ccccc1)C1N[C@H](C(=O)O)CS1)OCC1c2ccccc2-c2ccccc21. The standard InChI is InChI=1S/C27H26N2O4S/c30-26(31)24-16-34-25(28-24)23(14-17-8-2-1-3-9-17)29-27(32)33-15-22-20-12-6-4-10-18(20)19-11-5-7-13-21(19)22/h1-13,22-25,28H,14-16H2,(H,29,32)(H,30,31)/t23-,24-,25?/m0/s1. The molecule has 1 aliphatic carbocycles. The minimum absolute atomic E-state index is 0.0129. The zero-order valence-corrected chi connectivity index (χ0v) is 19.3. The molecule has 3 N–H and O–H groups in total. The minimum atomic E-state index is -0.880. The number of amides is 1. The molecule has 2 aliphatic rings. The highest BCUT2D eigenvalue weighted by Gasteiger charge is 2.36. The van der Waals surface area contributed by atoms with Crippen LogP contribution >= 0.6 is 11.8 Å². The van der Waals surface area contributed by atoms with Crippen LogP contribution in [0.4, 0.5) is 4.79 Å². The molecule has 174 valence electrons. The Hall–Kier alpha value is -3.29. The summed E-state index contributed by atoms with van der Waals surface area (Å²) in [5.41, 5.74) is 5.75. The molecule has 5 rings (SSSR count). The van der Waals surface area contributed by atoms with Crippen molar-refractivity contribution in [3.63, 3.8) is 0 Å². The number of rotatable bonds is 7. The van der Waals surface area contributed by atoms with E-state index >= 15 is 0 Å². The van der Waals surface area contributed by atoms with Crippen LogP contribution in [-0.4, -0.2) is 47.0 Å². The Morgan fingerprint density at radius 1 is 0.971 bits per heavy atom. The number of alkyl carbamates (subject to hydrolysis) is 1. The molecule has 1 amide bonds. The normalized spacial score (nSPS) is 19.8. The smallest absolute Gasteiger partial charge is 0.407 e. The van der Waals surface area contributed by atoms with Crippen LogP contribution in [0.15, 0.2) is 78.9 Å². The minimum Gasteiger partial charge on any atom is -0.480 e. The van der Waals surface area contributed by atoms with Gasteiger partial charge in [0.2, 0.25) is 0 Å². The lowest BCUT2D eigenvalue weighted by Crippen LogP contribution is -2.50. The van der Waals surface area contributed by atoms with Crippen LogP contribution in [0.3, 0.4) is 0 Å². The van der Waals surface area contributed by atoms with Gasteiger partial charge in [-0.15, -0.1) is 11.8 Å². The van der Waals surface area contributed by atoms with E-state index in [9.17, 15) is 14.7 Å². The molecule has 1 saturated heterocycles. The van der Waals surface area contributed by atoms with Crippen molar-refractivity contribution in [2.45, 2.75) is 29.8 Å². The lowest BCUT2D eigenvalue weighted by Gasteiger charge is -2.25. The molecule has 3 aromatic carbocycles. The highest BCUT2D eigenvalue weighted by atomic mass is 32.2. The Morgan fingerprint density at radius 2 is 1.59 bits per heavy atom. The van der Waals surface area contributed by atoms with E-state index in [0.29, 0.717) is 12.2 Å². The van der Waals surface area contributed by atoms with E-state index in [1.54, 1.807) is 0 Å². The fraction of sp³-hybridized carbons (Fsp3) is 0.259. The van der Waals surface area contributed by atoms with Crippen LogP contribution in [-0.2, 0) is 16.0 Å².